The number of rotatable bonds is 11. The fourth-order valence-electron chi connectivity index (χ4n) is 7.53. The molecular weight excluding hydrogens is 737 g/mol. The van der Waals surface area contributed by atoms with Gasteiger partial charge in [-0.2, -0.15) is 14.4 Å². The van der Waals surface area contributed by atoms with E-state index in [-0.39, 0.29) is 36.4 Å². The summed E-state index contributed by atoms with van der Waals surface area (Å²) >= 11 is 0. The van der Waals surface area contributed by atoms with Crippen LogP contribution in [0.2, 0.25) is 0 Å². The van der Waals surface area contributed by atoms with Crippen LogP contribution < -0.4 is 15.2 Å². The van der Waals surface area contributed by atoms with E-state index in [1.54, 1.807) is 12.1 Å². The lowest BCUT2D eigenvalue weighted by Crippen LogP contribution is -2.35. The Kier molecular flexibility index (Phi) is 13.1. The number of carbonyl (C=O) groups is 4. The van der Waals surface area contributed by atoms with Crippen molar-refractivity contribution in [2.45, 2.75) is 118 Å². The van der Waals surface area contributed by atoms with Gasteiger partial charge in [0.15, 0.2) is 22.6 Å². The Morgan fingerprint density at radius 3 is 1.96 bits per heavy atom. The number of carboxylic acid groups (broad SMARTS) is 1. The number of ether oxygens (including phenoxy) is 4. The number of carbonyl (C=O) groups excluding carboxylic acids is 3. The van der Waals surface area contributed by atoms with Crippen LogP contribution in [0.1, 0.15) is 107 Å². The van der Waals surface area contributed by atoms with Gasteiger partial charge in [0.1, 0.15) is 24.3 Å². The van der Waals surface area contributed by atoms with E-state index in [0.29, 0.717) is 24.3 Å². The average molecular weight is 788 g/mol. The minimum atomic E-state index is -1.18. The molecule has 0 spiro atoms. The normalized spacial score (nSPS) is 16.6. The van der Waals surface area contributed by atoms with Crippen LogP contribution in [0, 0.1) is 46.1 Å². The molecule has 0 unspecified atom stereocenters. The Morgan fingerprint density at radius 1 is 0.947 bits per heavy atom. The third-order valence-electron chi connectivity index (χ3n) is 9.55. The lowest BCUT2D eigenvalue weighted by atomic mass is 9.78. The number of halogens is 1. The number of anilines is 1. The molecule has 0 bridgehead atoms. The number of nitrogen functional groups attached to an aromatic ring is 1. The molecule has 2 atom stereocenters. The summed E-state index contributed by atoms with van der Waals surface area (Å²) in [5.41, 5.74) is 8.96. The average Bonchev–Trinajstić information content (AvgIpc) is 3.67. The Bertz CT molecular complexity index is 2260. The molecule has 5 rings (SSSR count). The first kappa shape index (κ1) is 43.8. The van der Waals surface area contributed by atoms with Crippen molar-refractivity contribution >= 4 is 40.9 Å². The van der Waals surface area contributed by atoms with Crippen LogP contribution in [0.3, 0.4) is 0 Å². The number of terminal acetylenes is 1. The number of aromatic nitrogens is 4. The third-order valence-corrected chi connectivity index (χ3v) is 9.55. The van der Waals surface area contributed by atoms with Crippen LogP contribution in [0.15, 0.2) is 30.6 Å². The number of nitrogens with zero attached hydrogens (tertiary/aromatic N) is 4. The lowest BCUT2D eigenvalue weighted by molar-refractivity contribution is -0.153. The van der Waals surface area contributed by atoms with E-state index in [1.807, 2.05) is 67.5 Å². The summed E-state index contributed by atoms with van der Waals surface area (Å²) in [6, 6.07) is 7.49. The van der Waals surface area contributed by atoms with E-state index in [0.717, 1.165) is 33.4 Å². The van der Waals surface area contributed by atoms with Gasteiger partial charge in [0.2, 0.25) is 0 Å². The SMILES string of the molecule is C#C[C@@]1(COC(=O)CC(C)(C)c2c(C)cc(C)cc2OC(C)=O)CC[C@H](n2cnc3c(N)nc(F)nc32)O1.CC(=O)Oc1cc(C)cc(C)c1C(C)(C)CC(=O)O. The number of imidazole rings is 1. The molecule has 15 heteroatoms. The van der Waals surface area contributed by atoms with Crippen molar-refractivity contribution < 1.29 is 47.6 Å². The first-order chi connectivity index (χ1) is 26.5. The van der Waals surface area contributed by atoms with Gasteiger partial charge in [0.05, 0.1) is 19.2 Å². The summed E-state index contributed by atoms with van der Waals surface area (Å²) in [5, 5.41) is 9.02. The highest BCUT2D eigenvalue weighted by Gasteiger charge is 2.42. The molecule has 3 N–H and O–H groups in total. The molecule has 0 radical (unpaired) electrons. The summed E-state index contributed by atoms with van der Waals surface area (Å²) < 4.78 is 37.7. The highest BCUT2D eigenvalue weighted by atomic mass is 19.1. The lowest BCUT2D eigenvalue weighted by Gasteiger charge is -2.29. The van der Waals surface area contributed by atoms with Gasteiger partial charge in [-0.1, -0.05) is 45.7 Å². The van der Waals surface area contributed by atoms with Crippen LogP contribution in [-0.4, -0.2) is 60.7 Å². The van der Waals surface area contributed by atoms with E-state index in [1.165, 1.54) is 24.7 Å². The zero-order valence-corrected chi connectivity index (χ0v) is 34.0. The van der Waals surface area contributed by atoms with Gasteiger partial charge in [-0.05, 0) is 74.9 Å². The summed E-state index contributed by atoms with van der Waals surface area (Å²) in [5.74, 6) is 1.20. The maximum atomic E-state index is 13.8. The fourth-order valence-corrected chi connectivity index (χ4v) is 7.53. The maximum Gasteiger partial charge on any atom is 0.312 e. The first-order valence-electron chi connectivity index (χ1n) is 18.3. The van der Waals surface area contributed by atoms with Crippen molar-refractivity contribution in [2.75, 3.05) is 12.3 Å². The molecule has 1 saturated heterocycles. The molecule has 1 aliphatic heterocycles. The van der Waals surface area contributed by atoms with Gasteiger partial charge in [-0.15, -0.1) is 6.42 Å². The summed E-state index contributed by atoms with van der Waals surface area (Å²) in [7, 11) is 0. The van der Waals surface area contributed by atoms with E-state index in [2.05, 4.69) is 20.9 Å². The van der Waals surface area contributed by atoms with Crippen molar-refractivity contribution in [1.29, 1.82) is 0 Å². The third kappa shape index (κ3) is 10.5. The molecule has 0 aliphatic carbocycles. The van der Waals surface area contributed by atoms with Crippen molar-refractivity contribution in [3.8, 4) is 23.8 Å². The zero-order chi connectivity index (χ0) is 42.6. The predicted octanol–water partition coefficient (Wildman–Crippen LogP) is 6.66. The van der Waals surface area contributed by atoms with Crippen LogP contribution >= 0.6 is 0 Å². The molecule has 1 fully saturated rings. The van der Waals surface area contributed by atoms with Gasteiger partial charge in [0.25, 0.3) is 0 Å². The zero-order valence-electron chi connectivity index (χ0n) is 34.0. The molecule has 3 heterocycles. The summed E-state index contributed by atoms with van der Waals surface area (Å²) in [4.78, 5) is 58.3. The van der Waals surface area contributed by atoms with E-state index < -0.39 is 52.6 Å². The van der Waals surface area contributed by atoms with Crippen LogP contribution in [-0.2, 0) is 39.5 Å². The van der Waals surface area contributed by atoms with Gasteiger partial charge in [-0.25, -0.2) is 4.98 Å². The number of carboxylic acids is 1. The van der Waals surface area contributed by atoms with E-state index in [9.17, 15) is 23.6 Å². The number of fused-ring (bicyclic) bond motifs is 1. The Morgan fingerprint density at radius 2 is 1.47 bits per heavy atom. The second-order valence-electron chi connectivity index (χ2n) is 15.7. The maximum absolute atomic E-state index is 13.8. The fraction of sp³-hybridized carbons (Fsp3) is 0.452. The number of hydrogen-bond acceptors (Lipinski definition) is 12. The predicted molar refractivity (Wildman–Crippen MR) is 209 cm³/mol. The van der Waals surface area contributed by atoms with E-state index >= 15 is 0 Å². The van der Waals surface area contributed by atoms with Crippen LogP contribution in [0.4, 0.5) is 10.2 Å². The smallest absolute Gasteiger partial charge is 0.312 e. The summed E-state index contributed by atoms with van der Waals surface area (Å²) in [6.07, 6.45) is 6.49. The number of aliphatic carboxylic acids is 1. The Hall–Kier alpha value is -5.88. The second kappa shape index (κ2) is 17.1. The molecule has 2 aromatic heterocycles. The molecule has 14 nitrogen and oxygen atoms in total. The van der Waals surface area contributed by atoms with Crippen molar-refractivity contribution in [3.05, 3.63) is 70.1 Å². The van der Waals surface area contributed by atoms with Crippen LogP contribution in [0.25, 0.3) is 11.2 Å². The number of aryl methyl sites for hydroxylation is 4. The Balaban J connectivity index is 0.000000319. The van der Waals surface area contributed by atoms with Crippen LogP contribution in [0.5, 0.6) is 11.5 Å². The minimum Gasteiger partial charge on any atom is -0.481 e. The first-order valence-corrected chi connectivity index (χ1v) is 18.3. The number of hydrogen-bond donors (Lipinski definition) is 2. The molecule has 304 valence electrons. The molecule has 1 aliphatic rings. The minimum absolute atomic E-state index is 0.0108. The summed E-state index contributed by atoms with van der Waals surface area (Å²) in [6.45, 7) is 17.6. The quantitative estimate of drug-likeness (QED) is 0.0709. The van der Waals surface area contributed by atoms with Gasteiger partial charge >= 0.3 is 30.0 Å². The Labute approximate surface area is 331 Å². The van der Waals surface area contributed by atoms with E-state index in [4.69, 9.17) is 36.2 Å². The van der Waals surface area contributed by atoms with Crippen molar-refractivity contribution in [2.24, 2.45) is 0 Å². The van der Waals surface area contributed by atoms with Crippen molar-refractivity contribution in [3.63, 3.8) is 0 Å². The standard InChI is InChI=1S/C27H30FN5O5.C15H20O4/c1-7-27(9-8-19(38-27)33-14-30-22-23(29)31-25(28)32-24(22)33)13-36-20(35)12-26(5,6)21-16(3)10-15(2)11-18(21)37-17(4)34;1-9-6-10(2)14(12(7-9)19-11(3)16)15(4,5)8-13(17)18/h1,10-11,14,19H,8-9,12-13H2,2-6H3,(H2,29,31,32);6-7H,8H2,1-5H3,(H,17,18)/t19-,27+;/m1./s1. The largest absolute Gasteiger partial charge is 0.481 e. The number of nitrogens with two attached hydrogens (primary N) is 1. The molecule has 0 amide bonds. The topological polar surface area (TPSA) is 195 Å². The molecule has 57 heavy (non-hydrogen) atoms. The van der Waals surface area contributed by atoms with Gasteiger partial charge < -0.3 is 29.8 Å². The van der Waals surface area contributed by atoms with Gasteiger partial charge in [0, 0.05) is 35.8 Å². The molecule has 0 saturated carbocycles. The highest BCUT2D eigenvalue weighted by molar-refractivity contribution is 5.81. The molecular formula is C42H50FN5O9. The monoisotopic (exact) mass is 787 g/mol. The molecule has 2 aromatic carbocycles. The molecule has 4 aromatic rings. The second-order valence-corrected chi connectivity index (χ2v) is 15.7. The highest BCUT2D eigenvalue weighted by Crippen LogP contribution is 2.41. The number of esters is 3. The van der Waals surface area contributed by atoms with Gasteiger partial charge in [-0.3, -0.25) is 23.7 Å². The van der Waals surface area contributed by atoms with Crippen molar-refractivity contribution in [1.82, 2.24) is 19.5 Å². The number of benzene rings is 2.